The molecular formula is C17H23N5O2. The fourth-order valence-corrected chi connectivity index (χ4v) is 2.82. The number of hydrogen-bond acceptors (Lipinski definition) is 6. The molecule has 24 heavy (non-hydrogen) atoms. The highest BCUT2D eigenvalue weighted by Crippen LogP contribution is 2.22. The van der Waals surface area contributed by atoms with Crippen molar-refractivity contribution in [3.8, 4) is 11.6 Å². The van der Waals surface area contributed by atoms with Crippen LogP contribution in [0.3, 0.4) is 0 Å². The highest BCUT2D eigenvalue weighted by atomic mass is 16.5. The third kappa shape index (κ3) is 3.31. The van der Waals surface area contributed by atoms with Crippen molar-refractivity contribution in [2.75, 3.05) is 13.1 Å². The maximum absolute atomic E-state index is 12.3. The van der Waals surface area contributed by atoms with Crippen molar-refractivity contribution < 1.29 is 9.53 Å². The van der Waals surface area contributed by atoms with Gasteiger partial charge in [0.05, 0.1) is 29.2 Å². The maximum atomic E-state index is 12.3. The predicted molar refractivity (Wildman–Crippen MR) is 89.3 cm³/mol. The van der Waals surface area contributed by atoms with Crippen LogP contribution >= 0.6 is 0 Å². The van der Waals surface area contributed by atoms with Gasteiger partial charge in [0.25, 0.3) is 0 Å². The minimum Gasteiger partial charge on any atom is -0.423 e. The van der Waals surface area contributed by atoms with Crippen LogP contribution in [0.2, 0.25) is 0 Å². The number of carbonyl (C=O) groups excluding carboxylic acids is 1. The van der Waals surface area contributed by atoms with E-state index in [9.17, 15) is 4.79 Å². The SMILES string of the molecule is Cc1nn(-c2nc(C)c(C)nc2C)cc1OC(=O)C1CCCNC1. The van der Waals surface area contributed by atoms with Crippen LogP contribution < -0.4 is 10.1 Å². The molecule has 1 aliphatic rings. The number of carbonyl (C=O) groups is 1. The Morgan fingerprint density at radius 1 is 1.17 bits per heavy atom. The standard InChI is InChI=1S/C17H23N5O2/c1-10-11(2)20-16(13(4)19-10)22-9-15(12(3)21-22)24-17(23)14-6-5-7-18-8-14/h9,14,18H,5-8H2,1-4H3. The lowest BCUT2D eigenvalue weighted by molar-refractivity contribution is -0.139. The van der Waals surface area contributed by atoms with Crippen LogP contribution in [0.5, 0.6) is 5.75 Å². The van der Waals surface area contributed by atoms with Crippen molar-refractivity contribution in [1.29, 1.82) is 0 Å². The molecule has 0 amide bonds. The number of nitrogens with zero attached hydrogens (tertiary/aromatic N) is 4. The fraction of sp³-hybridized carbons (Fsp3) is 0.529. The molecule has 7 heteroatoms. The second kappa shape index (κ2) is 6.68. The zero-order chi connectivity index (χ0) is 17.3. The summed E-state index contributed by atoms with van der Waals surface area (Å²) in [5.41, 5.74) is 3.20. The minimum absolute atomic E-state index is 0.0929. The van der Waals surface area contributed by atoms with Crippen LogP contribution in [0.15, 0.2) is 6.20 Å². The molecule has 1 N–H and O–H groups in total. The summed E-state index contributed by atoms with van der Waals surface area (Å²) in [6, 6.07) is 0. The summed E-state index contributed by atoms with van der Waals surface area (Å²) >= 11 is 0. The zero-order valence-corrected chi connectivity index (χ0v) is 14.6. The van der Waals surface area contributed by atoms with E-state index >= 15 is 0 Å². The molecule has 0 radical (unpaired) electrons. The number of ether oxygens (including phenoxy) is 1. The summed E-state index contributed by atoms with van der Waals surface area (Å²) in [5.74, 6) is 0.838. The van der Waals surface area contributed by atoms with Crippen molar-refractivity contribution in [1.82, 2.24) is 25.1 Å². The summed E-state index contributed by atoms with van der Waals surface area (Å²) < 4.78 is 7.20. The van der Waals surface area contributed by atoms with E-state index in [4.69, 9.17) is 4.74 Å². The van der Waals surface area contributed by atoms with Gasteiger partial charge in [-0.1, -0.05) is 0 Å². The van der Waals surface area contributed by atoms with Gasteiger partial charge in [-0.2, -0.15) is 5.10 Å². The summed E-state index contributed by atoms with van der Waals surface area (Å²) in [4.78, 5) is 21.3. The Morgan fingerprint density at radius 2 is 1.92 bits per heavy atom. The van der Waals surface area contributed by atoms with E-state index in [1.165, 1.54) is 0 Å². The first kappa shape index (κ1) is 16.6. The maximum Gasteiger partial charge on any atom is 0.315 e. The zero-order valence-electron chi connectivity index (χ0n) is 14.6. The highest BCUT2D eigenvalue weighted by molar-refractivity contribution is 5.75. The second-order valence-corrected chi connectivity index (χ2v) is 6.29. The number of rotatable bonds is 3. The molecule has 3 rings (SSSR count). The Bertz CT molecular complexity index is 763. The quantitative estimate of drug-likeness (QED) is 0.865. The first-order valence-electron chi connectivity index (χ1n) is 8.26. The molecule has 1 aliphatic heterocycles. The van der Waals surface area contributed by atoms with Crippen LogP contribution in [0, 0.1) is 33.6 Å². The normalized spacial score (nSPS) is 17.8. The Balaban J connectivity index is 1.82. The van der Waals surface area contributed by atoms with Gasteiger partial charge in [0.2, 0.25) is 0 Å². The Hall–Kier alpha value is -2.28. The number of aryl methyl sites for hydroxylation is 4. The van der Waals surface area contributed by atoms with Crippen molar-refractivity contribution >= 4 is 5.97 Å². The molecule has 3 heterocycles. The van der Waals surface area contributed by atoms with E-state index in [0.717, 1.165) is 36.5 Å². The van der Waals surface area contributed by atoms with Crippen LogP contribution in [0.4, 0.5) is 0 Å². The van der Waals surface area contributed by atoms with Gasteiger partial charge < -0.3 is 10.1 Å². The molecule has 1 unspecified atom stereocenters. The molecule has 0 saturated carbocycles. The predicted octanol–water partition coefficient (Wildman–Crippen LogP) is 1.80. The van der Waals surface area contributed by atoms with E-state index in [0.29, 0.717) is 23.8 Å². The van der Waals surface area contributed by atoms with Crippen LogP contribution in [0.1, 0.15) is 35.6 Å². The number of piperidine rings is 1. The Morgan fingerprint density at radius 3 is 2.62 bits per heavy atom. The van der Waals surface area contributed by atoms with E-state index < -0.39 is 0 Å². The average molecular weight is 329 g/mol. The molecule has 0 aromatic carbocycles. The van der Waals surface area contributed by atoms with Gasteiger partial charge in [0.1, 0.15) is 5.69 Å². The van der Waals surface area contributed by atoms with Gasteiger partial charge in [-0.15, -0.1) is 0 Å². The lowest BCUT2D eigenvalue weighted by Crippen LogP contribution is -2.36. The third-order valence-corrected chi connectivity index (χ3v) is 4.37. The number of aromatic nitrogens is 4. The monoisotopic (exact) mass is 329 g/mol. The second-order valence-electron chi connectivity index (χ2n) is 6.29. The molecule has 0 spiro atoms. The van der Waals surface area contributed by atoms with Gasteiger partial charge in [-0.25, -0.2) is 9.67 Å². The minimum atomic E-state index is -0.201. The van der Waals surface area contributed by atoms with E-state index in [2.05, 4.69) is 20.4 Å². The molecular weight excluding hydrogens is 306 g/mol. The summed E-state index contributed by atoms with van der Waals surface area (Å²) in [7, 11) is 0. The number of esters is 1. The van der Waals surface area contributed by atoms with Crippen molar-refractivity contribution in [2.45, 2.75) is 40.5 Å². The van der Waals surface area contributed by atoms with Gasteiger partial charge in [-0.05, 0) is 47.1 Å². The Labute approximate surface area is 141 Å². The number of nitrogens with one attached hydrogen (secondary N) is 1. The molecule has 0 aliphatic carbocycles. The molecule has 2 aromatic heterocycles. The topological polar surface area (TPSA) is 81.9 Å². The molecule has 7 nitrogen and oxygen atoms in total. The first-order valence-corrected chi connectivity index (χ1v) is 8.26. The average Bonchev–Trinajstić information content (AvgIpc) is 2.92. The summed E-state index contributed by atoms with van der Waals surface area (Å²) in [6.07, 6.45) is 3.56. The fourth-order valence-electron chi connectivity index (χ4n) is 2.82. The molecule has 1 atom stereocenters. The van der Waals surface area contributed by atoms with Crippen molar-refractivity contribution in [2.24, 2.45) is 5.92 Å². The molecule has 0 bridgehead atoms. The van der Waals surface area contributed by atoms with E-state index in [-0.39, 0.29) is 11.9 Å². The Kier molecular flexibility index (Phi) is 4.62. The first-order chi connectivity index (χ1) is 11.5. The lowest BCUT2D eigenvalue weighted by Gasteiger charge is -2.20. The summed E-state index contributed by atoms with van der Waals surface area (Å²) in [6.45, 7) is 9.20. The van der Waals surface area contributed by atoms with Crippen LogP contribution in [0.25, 0.3) is 5.82 Å². The molecule has 1 fully saturated rings. The molecule has 1 saturated heterocycles. The van der Waals surface area contributed by atoms with Gasteiger partial charge in [0.15, 0.2) is 11.6 Å². The van der Waals surface area contributed by atoms with Gasteiger partial charge in [-0.3, -0.25) is 9.78 Å². The highest BCUT2D eigenvalue weighted by Gasteiger charge is 2.24. The molecule has 2 aromatic rings. The van der Waals surface area contributed by atoms with Crippen LogP contribution in [-0.4, -0.2) is 38.8 Å². The largest absolute Gasteiger partial charge is 0.423 e. The van der Waals surface area contributed by atoms with Crippen molar-refractivity contribution in [3.05, 3.63) is 29.0 Å². The van der Waals surface area contributed by atoms with Gasteiger partial charge >= 0.3 is 5.97 Å². The third-order valence-electron chi connectivity index (χ3n) is 4.37. The smallest absolute Gasteiger partial charge is 0.315 e. The molecule has 128 valence electrons. The summed E-state index contributed by atoms with van der Waals surface area (Å²) in [5, 5.41) is 7.66. The lowest BCUT2D eigenvalue weighted by atomic mass is 10.0. The van der Waals surface area contributed by atoms with Crippen LogP contribution in [-0.2, 0) is 4.79 Å². The van der Waals surface area contributed by atoms with E-state index in [1.807, 2.05) is 27.7 Å². The van der Waals surface area contributed by atoms with E-state index in [1.54, 1.807) is 10.9 Å². The van der Waals surface area contributed by atoms with Crippen molar-refractivity contribution in [3.63, 3.8) is 0 Å². The number of hydrogen-bond donors (Lipinski definition) is 1. The van der Waals surface area contributed by atoms with Gasteiger partial charge in [0, 0.05) is 6.54 Å².